The maximum atomic E-state index is 5.59. The van der Waals surface area contributed by atoms with Gasteiger partial charge in [0.25, 0.3) is 0 Å². The molecular weight excluding hydrogens is 265 g/mol. The second-order valence-corrected chi connectivity index (χ2v) is 4.11. The normalized spacial score (nSPS) is 9.93. The Balaban J connectivity index is 2.67. The minimum absolute atomic E-state index is 0.670. The van der Waals surface area contributed by atoms with Crippen molar-refractivity contribution in [3.63, 3.8) is 0 Å². The van der Waals surface area contributed by atoms with Gasteiger partial charge in [-0.05, 0) is 24.6 Å². The number of methoxy groups -OCH3 is 1. The maximum absolute atomic E-state index is 5.59. The summed E-state index contributed by atoms with van der Waals surface area (Å²) in [6.07, 6.45) is 0.942. The first-order valence-corrected chi connectivity index (χ1v) is 5.74. The SMILES string of the molecule is COc1ccc(Br)cc1NCCCCl. The number of alkyl halides is 1. The molecule has 0 fully saturated rings. The van der Waals surface area contributed by atoms with Crippen LogP contribution in [-0.4, -0.2) is 19.5 Å². The topological polar surface area (TPSA) is 21.3 Å². The largest absolute Gasteiger partial charge is 0.495 e. The van der Waals surface area contributed by atoms with Crippen LogP contribution in [0.3, 0.4) is 0 Å². The molecule has 0 heterocycles. The number of ether oxygens (including phenoxy) is 1. The van der Waals surface area contributed by atoms with E-state index in [1.807, 2.05) is 18.2 Å². The molecule has 0 aliphatic rings. The van der Waals surface area contributed by atoms with E-state index in [9.17, 15) is 0 Å². The van der Waals surface area contributed by atoms with Gasteiger partial charge in [0, 0.05) is 16.9 Å². The van der Waals surface area contributed by atoms with Crippen molar-refractivity contribution in [1.29, 1.82) is 0 Å². The second kappa shape index (κ2) is 6.14. The van der Waals surface area contributed by atoms with Crippen LogP contribution in [0.15, 0.2) is 22.7 Å². The molecule has 0 bridgehead atoms. The summed E-state index contributed by atoms with van der Waals surface area (Å²) in [6, 6.07) is 5.87. The Labute approximate surface area is 97.7 Å². The average Bonchev–Trinajstić information content (AvgIpc) is 2.19. The van der Waals surface area contributed by atoms with E-state index in [0.29, 0.717) is 5.88 Å². The molecule has 14 heavy (non-hydrogen) atoms. The fourth-order valence-electron chi connectivity index (χ4n) is 1.11. The van der Waals surface area contributed by atoms with Gasteiger partial charge >= 0.3 is 0 Å². The van der Waals surface area contributed by atoms with Crippen molar-refractivity contribution in [2.75, 3.05) is 24.9 Å². The van der Waals surface area contributed by atoms with Crippen LogP contribution in [-0.2, 0) is 0 Å². The molecule has 1 N–H and O–H groups in total. The van der Waals surface area contributed by atoms with Gasteiger partial charge in [0.05, 0.1) is 12.8 Å². The molecule has 2 nitrogen and oxygen atoms in total. The number of anilines is 1. The fourth-order valence-corrected chi connectivity index (χ4v) is 1.60. The van der Waals surface area contributed by atoms with E-state index in [1.165, 1.54) is 0 Å². The Hall–Kier alpha value is -0.410. The molecule has 0 amide bonds. The van der Waals surface area contributed by atoms with Gasteiger partial charge in [0.2, 0.25) is 0 Å². The second-order valence-electron chi connectivity index (χ2n) is 2.81. The summed E-state index contributed by atoms with van der Waals surface area (Å²) in [7, 11) is 1.66. The molecule has 1 aromatic carbocycles. The fraction of sp³-hybridized carbons (Fsp3) is 0.400. The van der Waals surface area contributed by atoms with Crippen molar-refractivity contribution < 1.29 is 4.74 Å². The molecule has 0 aromatic heterocycles. The summed E-state index contributed by atoms with van der Waals surface area (Å²) < 4.78 is 6.25. The predicted octanol–water partition coefficient (Wildman–Crippen LogP) is 3.50. The van der Waals surface area contributed by atoms with E-state index >= 15 is 0 Å². The molecule has 4 heteroatoms. The molecule has 0 spiro atoms. The highest BCUT2D eigenvalue weighted by molar-refractivity contribution is 9.10. The molecular formula is C10H13BrClNO. The number of rotatable bonds is 5. The summed E-state index contributed by atoms with van der Waals surface area (Å²) in [4.78, 5) is 0. The minimum Gasteiger partial charge on any atom is -0.495 e. The van der Waals surface area contributed by atoms with Gasteiger partial charge in [-0.1, -0.05) is 15.9 Å². The minimum atomic E-state index is 0.670. The molecule has 0 unspecified atom stereocenters. The number of hydrogen-bond donors (Lipinski definition) is 1. The van der Waals surface area contributed by atoms with Gasteiger partial charge in [-0.3, -0.25) is 0 Å². The molecule has 0 aliphatic carbocycles. The third kappa shape index (κ3) is 3.39. The third-order valence-electron chi connectivity index (χ3n) is 1.79. The Morgan fingerprint density at radius 1 is 1.50 bits per heavy atom. The zero-order chi connectivity index (χ0) is 10.4. The van der Waals surface area contributed by atoms with E-state index in [-0.39, 0.29) is 0 Å². The van der Waals surface area contributed by atoms with Crippen LogP contribution in [0.2, 0.25) is 0 Å². The van der Waals surface area contributed by atoms with Crippen molar-refractivity contribution >= 4 is 33.2 Å². The highest BCUT2D eigenvalue weighted by Gasteiger charge is 2.01. The molecule has 1 aromatic rings. The van der Waals surface area contributed by atoms with Crippen molar-refractivity contribution in [3.05, 3.63) is 22.7 Å². The molecule has 0 atom stereocenters. The monoisotopic (exact) mass is 277 g/mol. The number of hydrogen-bond acceptors (Lipinski definition) is 2. The maximum Gasteiger partial charge on any atom is 0.142 e. The van der Waals surface area contributed by atoms with Gasteiger partial charge in [0.1, 0.15) is 5.75 Å². The van der Waals surface area contributed by atoms with Crippen molar-refractivity contribution in [1.82, 2.24) is 0 Å². The zero-order valence-corrected chi connectivity index (χ0v) is 10.4. The summed E-state index contributed by atoms with van der Waals surface area (Å²) in [5.41, 5.74) is 0.993. The standard InChI is InChI=1S/C10H13BrClNO/c1-14-10-4-3-8(11)7-9(10)13-6-2-5-12/h3-4,7,13H,2,5-6H2,1H3. The number of nitrogens with one attached hydrogen (secondary N) is 1. The van der Waals surface area contributed by atoms with Crippen molar-refractivity contribution in [2.24, 2.45) is 0 Å². The quantitative estimate of drug-likeness (QED) is 0.657. The smallest absolute Gasteiger partial charge is 0.142 e. The summed E-state index contributed by atoms with van der Waals surface area (Å²) in [6.45, 7) is 0.857. The van der Waals surface area contributed by atoms with Gasteiger partial charge in [-0.15, -0.1) is 11.6 Å². The van der Waals surface area contributed by atoms with Gasteiger partial charge in [-0.25, -0.2) is 0 Å². The highest BCUT2D eigenvalue weighted by Crippen LogP contribution is 2.27. The average molecular weight is 279 g/mol. The van der Waals surface area contributed by atoms with Crippen LogP contribution in [0.4, 0.5) is 5.69 Å². The highest BCUT2D eigenvalue weighted by atomic mass is 79.9. The van der Waals surface area contributed by atoms with Crippen LogP contribution in [0, 0.1) is 0 Å². The lowest BCUT2D eigenvalue weighted by atomic mass is 10.3. The van der Waals surface area contributed by atoms with Crippen LogP contribution in [0.25, 0.3) is 0 Å². The number of benzene rings is 1. The van der Waals surface area contributed by atoms with Gasteiger partial charge in [0.15, 0.2) is 0 Å². The van der Waals surface area contributed by atoms with E-state index in [2.05, 4.69) is 21.2 Å². The summed E-state index contributed by atoms with van der Waals surface area (Å²) >= 11 is 9.01. The Bertz CT molecular complexity index is 293. The van der Waals surface area contributed by atoms with Crippen molar-refractivity contribution in [2.45, 2.75) is 6.42 Å². The van der Waals surface area contributed by atoms with Crippen LogP contribution < -0.4 is 10.1 Å². The predicted molar refractivity (Wildman–Crippen MR) is 64.5 cm³/mol. The molecule has 0 saturated heterocycles. The first kappa shape index (κ1) is 11.7. The van der Waals surface area contributed by atoms with Gasteiger partial charge < -0.3 is 10.1 Å². The van der Waals surface area contributed by atoms with E-state index < -0.39 is 0 Å². The molecule has 0 radical (unpaired) electrons. The zero-order valence-electron chi connectivity index (χ0n) is 8.02. The van der Waals surface area contributed by atoms with Crippen LogP contribution in [0.5, 0.6) is 5.75 Å². The van der Waals surface area contributed by atoms with E-state index in [4.69, 9.17) is 16.3 Å². The number of halogens is 2. The lowest BCUT2D eigenvalue weighted by Crippen LogP contribution is -2.03. The lowest BCUT2D eigenvalue weighted by Gasteiger charge is -2.10. The third-order valence-corrected chi connectivity index (χ3v) is 2.55. The molecule has 0 aliphatic heterocycles. The summed E-state index contributed by atoms with van der Waals surface area (Å²) in [5.74, 6) is 1.52. The van der Waals surface area contributed by atoms with Crippen LogP contribution in [0.1, 0.15) is 6.42 Å². The molecule has 1 rings (SSSR count). The first-order valence-electron chi connectivity index (χ1n) is 4.41. The van der Waals surface area contributed by atoms with Crippen LogP contribution >= 0.6 is 27.5 Å². The van der Waals surface area contributed by atoms with Gasteiger partial charge in [-0.2, -0.15) is 0 Å². The van der Waals surface area contributed by atoms with Crippen molar-refractivity contribution in [3.8, 4) is 5.75 Å². The van der Waals surface area contributed by atoms with E-state index in [0.717, 1.165) is 28.9 Å². The lowest BCUT2D eigenvalue weighted by molar-refractivity contribution is 0.416. The van der Waals surface area contributed by atoms with E-state index in [1.54, 1.807) is 7.11 Å². The summed E-state index contributed by atoms with van der Waals surface area (Å²) in [5, 5.41) is 3.27. The molecule has 0 saturated carbocycles. The molecule has 78 valence electrons. The Morgan fingerprint density at radius 3 is 2.93 bits per heavy atom. The Kier molecular flexibility index (Phi) is 5.12. The Morgan fingerprint density at radius 2 is 2.29 bits per heavy atom. The first-order chi connectivity index (χ1) is 6.77.